The Balaban J connectivity index is 2.99. The normalized spacial score (nSPS) is 11.7. The van der Waals surface area contributed by atoms with Crippen molar-refractivity contribution < 1.29 is 0 Å². The van der Waals surface area contributed by atoms with Gasteiger partial charge in [0.15, 0.2) is 0 Å². The van der Waals surface area contributed by atoms with Gasteiger partial charge in [0.2, 0.25) is 0 Å². The van der Waals surface area contributed by atoms with E-state index in [1.54, 1.807) is 0 Å². The number of hydrogen-bond donors (Lipinski definition) is 1. The van der Waals surface area contributed by atoms with E-state index in [0.717, 1.165) is 18.5 Å². The van der Waals surface area contributed by atoms with Gasteiger partial charge in [-0.3, -0.25) is 0 Å². The average molecular weight is 258 g/mol. The third-order valence-electron chi connectivity index (χ3n) is 3.13. The summed E-state index contributed by atoms with van der Waals surface area (Å²) in [7, 11) is 0. The number of benzene rings is 1. The number of rotatable bonds is 6. The molecule has 0 radical (unpaired) electrons. The van der Waals surface area contributed by atoms with Crippen LogP contribution in [0.25, 0.3) is 0 Å². The molecule has 0 amide bonds. The molecule has 0 fully saturated rings. The van der Waals surface area contributed by atoms with Crippen molar-refractivity contribution in [3.05, 3.63) is 29.8 Å². The summed E-state index contributed by atoms with van der Waals surface area (Å²) in [6, 6.07) is 10.8. The second kappa shape index (κ2) is 6.61. The highest BCUT2D eigenvalue weighted by Crippen LogP contribution is 2.29. The Morgan fingerprint density at radius 2 is 1.74 bits per heavy atom. The number of nitrogens with one attached hydrogen (secondary N) is 1. The first-order chi connectivity index (χ1) is 8.87. The predicted molar refractivity (Wildman–Crippen MR) is 82.1 cm³/mol. The van der Waals surface area contributed by atoms with Gasteiger partial charge in [-0.05, 0) is 49.3 Å². The van der Waals surface area contributed by atoms with Crippen LogP contribution in [0.1, 0.15) is 46.1 Å². The minimum absolute atomic E-state index is 0.462. The van der Waals surface area contributed by atoms with Gasteiger partial charge in [-0.15, -0.1) is 0 Å². The van der Waals surface area contributed by atoms with Crippen LogP contribution in [0.2, 0.25) is 0 Å². The summed E-state index contributed by atoms with van der Waals surface area (Å²) in [6.45, 7) is 10.8. The van der Waals surface area contributed by atoms with Crippen molar-refractivity contribution in [1.29, 1.82) is 5.26 Å². The van der Waals surface area contributed by atoms with Gasteiger partial charge in [-0.25, -0.2) is 0 Å². The molecule has 104 valence electrons. The molecule has 1 aromatic rings. The Kier molecular flexibility index (Phi) is 5.42. The maximum absolute atomic E-state index is 9.69. The Morgan fingerprint density at radius 1 is 1.16 bits per heavy atom. The molecule has 0 saturated carbocycles. The third kappa shape index (κ3) is 4.95. The van der Waals surface area contributed by atoms with E-state index in [9.17, 15) is 5.26 Å². The van der Waals surface area contributed by atoms with Crippen LogP contribution in [-0.4, -0.2) is 5.54 Å². The SMILES string of the molecule is Cc1cccc(NC(C#N)(CC(C)C)CC(C)C)c1. The van der Waals surface area contributed by atoms with Gasteiger partial charge in [-0.2, -0.15) is 5.26 Å². The summed E-state index contributed by atoms with van der Waals surface area (Å²) >= 11 is 0. The molecular weight excluding hydrogens is 232 g/mol. The largest absolute Gasteiger partial charge is 0.367 e. The highest BCUT2D eigenvalue weighted by molar-refractivity contribution is 5.49. The molecule has 2 heteroatoms. The standard InChI is InChI=1S/C17H26N2/c1-13(2)10-17(12-18,11-14(3)4)19-16-8-6-7-15(5)9-16/h6-9,13-14,19H,10-11H2,1-5H3. The van der Waals surface area contributed by atoms with E-state index in [1.165, 1.54) is 5.56 Å². The minimum atomic E-state index is -0.462. The molecule has 0 bridgehead atoms. The van der Waals surface area contributed by atoms with E-state index in [1.807, 2.05) is 12.1 Å². The number of hydrogen-bond acceptors (Lipinski definition) is 2. The zero-order valence-corrected chi connectivity index (χ0v) is 12.8. The first kappa shape index (κ1) is 15.6. The lowest BCUT2D eigenvalue weighted by atomic mass is 9.82. The molecule has 1 N–H and O–H groups in total. The van der Waals surface area contributed by atoms with Gasteiger partial charge < -0.3 is 5.32 Å². The van der Waals surface area contributed by atoms with Gasteiger partial charge in [-0.1, -0.05) is 39.8 Å². The quantitative estimate of drug-likeness (QED) is 0.798. The van der Waals surface area contributed by atoms with Gasteiger partial charge in [0.1, 0.15) is 5.54 Å². The monoisotopic (exact) mass is 258 g/mol. The van der Waals surface area contributed by atoms with Crippen LogP contribution in [0, 0.1) is 30.1 Å². The number of aryl methyl sites for hydroxylation is 1. The average Bonchev–Trinajstić information content (AvgIpc) is 2.26. The second-order valence-corrected chi connectivity index (χ2v) is 6.38. The fourth-order valence-electron chi connectivity index (χ4n) is 2.70. The predicted octanol–water partition coefficient (Wildman–Crippen LogP) is 4.76. The minimum Gasteiger partial charge on any atom is -0.367 e. The third-order valence-corrected chi connectivity index (χ3v) is 3.13. The van der Waals surface area contributed by atoms with Gasteiger partial charge in [0, 0.05) is 5.69 Å². The zero-order valence-electron chi connectivity index (χ0n) is 12.8. The van der Waals surface area contributed by atoms with Crippen molar-refractivity contribution >= 4 is 5.69 Å². The first-order valence-electron chi connectivity index (χ1n) is 7.13. The van der Waals surface area contributed by atoms with E-state index in [0.29, 0.717) is 11.8 Å². The first-order valence-corrected chi connectivity index (χ1v) is 7.13. The molecule has 0 aromatic heterocycles. The van der Waals surface area contributed by atoms with Crippen LogP contribution in [-0.2, 0) is 0 Å². The van der Waals surface area contributed by atoms with Crippen LogP contribution in [0.4, 0.5) is 5.69 Å². The molecule has 1 aromatic carbocycles. The molecule has 0 heterocycles. The van der Waals surface area contributed by atoms with Crippen molar-refractivity contribution in [2.75, 3.05) is 5.32 Å². The molecule has 0 aliphatic heterocycles. The lowest BCUT2D eigenvalue weighted by Gasteiger charge is -2.32. The van der Waals surface area contributed by atoms with Crippen LogP contribution in [0.15, 0.2) is 24.3 Å². The molecular formula is C17H26N2. The zero-order chi connectivity index (χ0) is 14.5. The van der Waals surface area contributed by atoms with Gasteiger partial charge in [0.05, 0.1) is 6.07 Å². The van der Waals surface area contributed by atoms with E-state index >= 15 is 0 Å². The molecule has 0 aliphatic carbocycles. The number of nitrogens with zero attached hydrogens (tertiary/aromatic N) is 1. The molecule has 0 spiro atoms. The molecule has 1 rings (SSSR count). The molecule has 19 heavy (non-hydrogen) atoms. The van der Waals surface area contributed by atoms with E-state index < -0.39 is 5.54 Å². The maximum atomic E-state index is 9.69. The topological polar surface area (TPSA) is 35.8 Å². The van der Waals surface area contributed by atoms with Crippen LogP contribution in [0.3, 0.4) is 0 Å². The molecule has 0 atom stereocenters. The Hall–Kier alpha value is -1.49. The fourth-order valence-corrected chi connectivity index (χ4v) is 2.70. The van der Waals surface area contributed by atoms with E-state index in [4.69, 9.17) is 0 Å². The molecule has 2 nitrogen and oxygen atoms in total. The van der Waals surface area contributed by atoms with E-state index in [2.05, 4.69) is 58.1 Å². The summed E-state index contributed by atoms with van der Waals surface area (Å²) in [5.74, 6) is 0.992. The van der Waals surface area contributed by atoms with Crippen LogP contribution < -0.4 is 5.32 Å². The summed E-state index contributed by atoms with van der Waals surface area (Å²) in [4.78, 5) is 0. The Bertz CT molecular complexity index is 431. The molecule has 0 aliphatic rings. The highest BCUT2D eigenvalue weighted by atomic mass is 15.0. The smallest absolute Gasteiger partial charge is 0.125 e. The Morgan fingerprint density at radius 3 is 2.16 bits per heavy atom. The lowest BCUT2D eigenvalue weighted by molar-refractivity contribution is 0.376. The van der Waals surface area contributed by atoms with Crippen molar-refractivity contribution in [1.82, 2.24) is 0 Å². The lowest BCUT2D eigenvalue weighted by Crippen LogP contribution is -2.39. The number of nitriles is 1. The van der Waals surface area contributed by atoms with Crippen LogP contribution >= 0.6 is 0 Å². The number of anilines is 1. The van der Waals surface area contributed by atoms with E-state index in [-0.39, 0.29) is 0 Å². The maximum Gasteiger partial charge on any atom is 0.125 e. The van der Waals surface area contributed by atoms with Gasteiger partial charge in [0.25, 0.3) is 0 Å². The molecule has 0 unspecified atom stereocenters. The summed E-state index contributed by atoms with van der Waals surface area (Å²) in [6.07, 6.45) is 1.74. The second-order valence-electron chi connectivity index (χ2n) is 6.38. The van der Waals surface area contributed by atoms with Crippen molar-refractivity contribution in [2.24, 2.45) is 11.8 Å². The highest BCUT2D eigenvalue weighted by Gasteiger charge is 2.31. The van der Waals surface area contributed by atoms with Crippen molar-refractivity contribution in [3.8, 4) is 6.07 Å². The Labute approximate surface area is 117 Å². The van der Waals surface area contributed by atoms with Gasteiger partial charge >= 0.3 is 0 Å². The van der Waals surface area contributed by atoms with Crippen molar-refractivity contribution in [3.63, 3.8) is 0 Å². The molecule has 0 saturated heterocycles. The fraction of sp³-hybridized carbons (Fsp3) is 0.588. The van der Waals surface area contributed by atoms with Crippen LogP contribution in [0.5, 0.6) is 0 Å². The summed E-state index contributed by atoms with van der Waals surface area (Å²) in [5, 5.41) is 13.2. The summed E-state index contributed by atoms with van der Waals surface area (Å²) in [5.41, 5.74) is 1.80. The summed E-state index contributed by atoms with van der Waals surface area (Å²) < 4.78 is 0. The van der Waals surface area contributed by atoms with Crippen molar-refractivity contribution in [2.45, 2.75) is 53.0 Å².